The smallest absolute Gasteiger partial charge is 0.140 e. The van der Waals surface area contributed by atoms with Gasteiger partial charge in [-0.3, -0.25) is 0 Å². The summed E-state index contributed by atoms with van der Waals surface area (Å²) >= 11 is 0. The van der Waals surface area contributed by atoms with Gasteiger partial charge >= 0.3 is 0 Å². The van der Waals surface area contributed by atoms with Crippen LogP contribution in [0.4, 0.5) is 4.39 Å². The zero-order valence-electron chi connectivity index (χ0n) is 9.00. The zero-order valence-corrected chi connectivity index (χ0v) is 9.00. The van der Waals surface area contributed by atoms with Gasteiger partial charge in [-0.1, -0.05) is 26.3 Å². The van der Waals surface area contributed by atoms with Gasteiger partial charge in [-0.15, -0.1) is 0 Å². The summed E-state index contributed by atoms with van der Waals surface area (Å²) in [7, 11) is 0. The van der Waals surface area contributed by atoms with E-state index in [2.05, 4.69) is 6.92 Å². The van der Waals surface area contributed by atoms with Crippen molar-refractivity contribution in [3.8, 4) is 6.07 Å². The van der Waals surface area contributed by atoms with Crippen molar-refractivity contribution in [3.05, 3.63) is 35.1 Å². The molecule has 1 aromatic carbocycles. The van der Waals surface area contributed by atoms with Crippen LogP contribution in [0.25, 0.3) is 0 Å². The number of hydrogen-bond acceptors (Lipinski definition) is 2. The normalized spacial score (nSPS) is 14.3. The fourth-order valence-electron chi connectivity index (χ4n) is 1.42. The first-order valence-corrected chi connectivity index (χ1v) is 5.05. The lowest BCUT2D eigenvalue weighted by Crippen LogP contribution is -2.18. The molecule has 2 N–H and O–H groups in total. The Morgan fingerprint density at radius 1 is 1.53 bits per heavy atom. The van der Waals surface area contributed by atoms with Crippen LogP contribution in [0.15, 0.2) is 18.2 Å². The molecular formula is C12H15FN2. The van der Waals surface area contributed by atoms with Crippen molar-refractivity contribution >= 4 is 0 Å². The van der Waals surface area contributed by atoms with Gasteiger partial charge in [-0.25, -0.2) is 4.39 Å². The van der Waals surface area contributed by atoms with Crippen LogP contribution in [0.1, 0.15) is 37.4 Å². The molecule has 15 heavy (non-hydrogen) atoms. The van der Waals surface area contributed by atoms with Crippen molar-refractivity contribution in [1.82, 2.24) is 0 Å². The monoisotopic (exact) mass is 206 g/mol. The second-order valence-electron chi connectivity index (χ2n) is 3.76. The van der Waals surface area contributed by atoms with Crippen molar-refractivity contribution in [2.45, 2.75) is 26.3 Å². The van der Waals surface area contributed by atoms with Crippen molar-refractivity contribution in [2.24, 2.45) is 11.7 Å². The number of benzene rings is 1. The lowest BCUT2D eigenvalue weighted by Gasteiger charge is -2.18. The highest BCUT2D eigenvalue weighted by Gasteiger charge is 2.14. The van der Waals surface area contributed by atoms with E-state index in [1.165, 1.54) is 12.1 Å². The highest BCUT2D eigenvalue weighted by molar-refractivity contribution is 5.35. The number of nitriles is 1. The van der Waals surface area contributed by atoms with Gasteiger partial charge in [0.15, 0.2) is 0 Å². The van der Waals surface area contributed by atoms with Crippen LogP contribution < -0.4 is 5.73 Å². The summed E-state index contributed by atoms with van der Waals surface area (Å²) in [5.74, 6) is -0.167. The topological polar surface area (TPSA) is 49.8 Å². The fraction of sp³-hybridized carbons (Fsp3) is 0.417. The van der Waals surface area contributed by atoms with E-state index in [1.54, 1.807) is 6.07 Å². The number of hydrogen-bond donors (Lipinski definition) is 1. The van der Waals surface area contributed by atoms with Crippen LogP contribution in [0, 0.1) is 23.1 Å². The third-order valence-corrected chi connectivity index (χ3v) is 2.75. The molecular weight excluding hydrogens is 191 g/mol. The molecule has 1 aromatic rings. The Labute approximate surface area is 89.5 Å². The van der Waals surface area contributed by atoms with E-state index in [0.717, 1.165) is 12.0 Å². The molecule has 0 heterocycles. The summed E-state index contributed by atoms with van der Waals surface area (Å²) in [5.41, 5.74) is 6.87. The highest BCUT2D eigenvalue weighted by atomic mass is 19.1. The van der Waals surface area contributed by atoms with Crippen molar-refractivity contribution in [1.29, 1.82) is 5.26 Å². The van der Waals surface area contributed by atoms with Crippen molar-refractivity contribution in [2.75, 3.05) is 0 Å². The molecule has 80 valence electrons. The molecule has 0 amide bonds. The first-order valence-electron chi connectivity index (χ1n) is 5.05. The van der Waals surface area contributed by atoms with E-state index >= 15 is 0 Å². The lowest BCUT2D eigenvalue weighted by atomic mass is 9.92. The molecule has 1 unspecified atom stereocenters. The third kappa shape index (κ3) is 2.54. The number of rotatable bonds is 3. The molecule has 1 rings (SSSR count). The maximum atomic E-state index is 13.1. The third-order valence-electron chi connectivity index (χ3n) is 2.75. The van der Waals surface area contributed by atoms with E-state index in [1.807, 2.05) is 13.0 Å². The number of halogens is 1. The minimum atomic E-state index is -0.488. The Kier molecular flexibility index (Phi) is 3.81. The summed E-state index contributed by atoms with van der Waals surface area (Å²) in [6.07, 6.45) is 0.959. The van der Waals surface area contributed by atoms with Gasteiger partial charge in [0.25, 0.3) is 0 Å². The van der Waals surface area contributed by atoms with Gasteiger partial charge in [0.05, 0.1) is 5.56 Å². The molecule has 0 aliphatic carbocycles. The Bertz CT molecular complexity index is 382. The standard InChI is InChI=1S/C12H15FN2/c1-3-8(2)12(15)9-4-5-11(13)10(6-9)7-14/h4-6,8,12H,3,15H2,1-2H3/t8?,12-/m0/s1. The molecule has 2 nitrogen and oxygen atoms in total. The maximum absolute atomic E-state index is 13.1. The Morgan fingerprint density at radius 2 is 2.20 bits per heavy atom. The second kappa shape index (κ2) is 4.90. The van der Waals surface area contributed by atoms with Gasteiger partial charge in [-0.05, 0) is 23.6 Å². The quantitative estimate of drug-likeness (QED) is 0.826. The van der Waals surface area contributed by atoms with E-state index < -0.39 is 5.82 Å². The van der Waals surface area contributed by atoms with Crippen LogP contribution in [-0.4, -0.2) is 0 Å². The van der Waals surface area contributed by atoms with Gasteiger partial charge < -0.3 is 5.73 Å². The summed E-state index contributed by atoms with van der Waals surface area (Å²) < 4.78 is 13.1. The number of nitrogens with two attached hydrogens (primary N) is 1. The Balaban J connectivity index is 3.02. The SMILES string of the molecule is CCC(C)[C@H](N)c1ccc(F)c(C#N)c1. The van der Waals surface area contributed by atoms with E-state index in [0.29, 0.717) is 5.92 Å². The lowest BCUT2D eigenvalue weighted by molar-refractivity contribution is 0.456. The summed E-state index contributed by atoms with van der Waals surface area (Å²) in [6, 6.07) is 6.16. The first kappa shape index (κ1) is 11.7. The molecule has 0 aromatic heterocycles. The first-order chi connectivity index (χ1) is 7.10. The van der Waals surface area contributed by atoms with Gasteiger partial charge in [0, 0.05) is 6.04 Å². The Morgan fingerprint density at radius 3 is 2.73 bits per heavy atom. The Hall–Kier alpha value is -1.40. The molecule has 0 saturated heterocycles. The van der Waals surface area contributed by atoms with Crippen LogP contribution in [-0.2, 0) is 0 Å². The molecule has 3 heteroatoms. The molecule has 0 aliphatic rings. The predicted molar refractivity (Wildman–Crippen MR) is 57.5 cm³/mol. The fourth-order valence-corrected chi connectivity index (χ4v) is 1.42. The molecule has 0 bridgehead atoms. The maximum Gasteiger partial charge on any atom is 0.140 e. The average molecular weight is 206 g/mol. The van der Waals surface area contributed by atoms with Crippen LogP contribution in [0.5, 0.6) is 0 Å². The molecule has 0 aliphatic heterocycles. The highest BCUT2D eigenvalue weighted by Crippen LogP contribution is 2.23. The van der Waals surface area contributed by atoms with Crippen LogP contribution in [0.2, 0.25) is 0 Å². The molecule has 2 atom stereocenters. The molecule has 0 saturated carbocycles. The van der Waals surface area contributed by atoms with Gasteiger partial charge in [0.2, 0.25) is 0 Å². The second-order valence-corrected chi connectivity index (χ2v) is 3.76. The van der Waals surface area contributed by atoms with Crippen LogP contribution >= 0.6 is 0 Å². The molecule has 0 spiro atoms. The van der Waals surface area contributed by atoms with E-state index in [-0.39, 0.29) is 11.6 Å². The number of nitrogens with zero attached hydrogens (tertiary/aromatic N) is 1. The summed E-state index contributed by atoms with van der Waals surface area (Å²) in [6.45, 7) is 4.10. The van der Waals surface area contributed by atoms with E-state index in [4.69, 9.17) is 11.0 Å². The average Bonchev–Trinajstić information content (AvgIpc) is 2.27. The van der Waals surface area contributed by atoms with E-state index in [9.17, 15) is 4.39 Å². The largest absolute Gasteiger partial charge is 0.324 e. The molecule has 0 radical (unpaired) electrons. The zero-order chi connectivity index (χ0) is 11.4. The summed E-state index contributed by atoms with van der Waals surface area (Å²) in [5, 5.41) is 8.69. The van der Waals surface area contributed by atoms with Crippen molar-refractivity contribution in [3.63, 3.8) is 0 Å². The minimum Gasteiger partial charge on any atom is -0.324 e. The summed E-state index contributed by atoms with van der Waals surface area (Å²) in [4.78, 5) is 0. The predicted octanol–water partition coefficient (Wildman–Crippen LogP) is 2.74. The van der Waals surface area contributed by atoms with Crippen molar-refractivity contribution < 1.29 is 4.39 Å². The van der Waals surface area contributed by atoms with Gasteiger partial charge in [-0.2, -0.15) is 5.26 Å². The molecule has 0 fully saturated rings. The minimum absolute atomic E-state index is 0.0613. The van der Waals surface area contributed by atoms with Crippen LogP contribution in [0.3, 0.4) is 0 Å². The van der Waals surface area contributed by atoms with Gasteiger partial charge in [0.1, 0.15) is 11.9 Å².